The van der Waals surface area contributed by atoms with Gasteiger partial charge >= 0.3 is 5.97 Å². The Balaban J connectivity index is 1.78. The van der Waals surface area contributed by atoms with Crippen LogP contribution in [-0.4, -0.2) is 42.8 Å². The Kier molecular flexibility index (Phi) is 5.71. The molecule has 1 saturated heterocycles. The number of benzene rings is 1. The first-order valence-electron chi connectivity index (χ1n) is 7.11. The van der Waals surface area contributed by atoms with E-state index in [-0.39, 0.29) is 24.0 Å². The van der Waals surface area contributed by atoms with Crippen molar-refractivity contribution in [3.8, 4) is 0 Å². The van der Waals surface area contributed by atoms with Gasteiger partial charge in [-0.2, -0.15) is 0 Å². The largest absolute Gasteiger partial charge is 0.478 e. The number of anilines is 1. The van der Waals surface area contributed by atoms with Gasteiger partial charge in [0.05, 0.1) is 30.4 Å². The average molecular weight is 292 g/mol. The van der Waals surface area contributed by atoms with E-state index >= 15 is 0 Å². The number of ether oxygens (including phenoxy) is 1. The lowest BCUT2D eigenvalue weighted by Gasteiger charge is -2.22. The first kappa shape index (κ1) is 15.5. The minimum Gasteiger partial charge on any atom is -0.478 e. The summed E-state index contributed by atoms with van der Waals surface area (Å²) in [6.45, 7) is 2.25. The molecule has 3 N–H and O–H groups in total. The third-order valence-corrected chi connectivity index (χ3v) is 3.40. The molecular formula is C15H20N2O4. The van der Waals surface area contributed by atoms with E-state index in [0.29, 0.717) is 12.3 Å². The molecule has 1 fully saturated rings. The standard InChI is InChI=1S/C15H20N2O4/c18-14(7-10-21-11-5-8-16-9-6-11)17-13-4-2-1-3-12(13)15(19)20/h1-4,11,16H,5-10H2,(H,17,18)(H,19,20). The maximum Gasteiger partial charge on any atom is 0.337 e. The second-order valence-electron chi connectivity index (χ2n) is 4.97. The third-order valence-electron chi connectivity index (χ3n) is 3.40. The average Bonchev–Trinajstić information content (AvgIpc) is 2.48. The van der Waals surface area contributed by atoms with Crippen LogP contribution in [0.15, 0.2) is 24.3 Å². The number of amides is 1. The maximum atomic E-state index is 11.8. The number of aromatic carboxylic acids is 1. The Morgan fingerprint density at radius 1 is 1.29 bits per heavy atom. The van der Waals surface area contributed by atoms with E-state index in [1.807, 2.05) is 0 Å². The highest BCUT2D eigenvalue weighted by atomic mass is 16.5. The van der Waals surface area contributed by atoms with Crippen molar-refractivity contribution in [2.24, 2.45) is 0 Å². The predicted octanol–water partition coefficient (Wildman–Crippen LogP) is 1.48. The topological polar surface area (TPSA) is 87.7 Å². The van der Waals surface area contributed by atoms with Gasteiger partial charge in [0, 0.05) is 0 Å². The predicted molar refractivity (Wildman–Crippen MR) is 78.5 cm³/mol. The quantitative estimate of drug-likeness (QED) is 0.739. The molecule has 0 unspecified atom stereocenters. The summed E-state index contributed by atoms with van der Waals surface area (Å²) in [4.78, 5) is 22.9. The van der Waals surface area contributed by atoms with E-state index in [4.69, 9.17) is 9.84 Å². The minimum atomic E-state index is -1.06. The van der Waals surface area contributed by atoms with Crippen LogP contribution in [0.2, 0.25) is 0 Å². The lowest BCUT2D eigenvalue weighted by molar-refractivity contribution is -0.117. The van der Waals surface area contributed by atoms with Gasteiger partial charge in [-0.05, 0) is 38.1 Å². The van der Waals surface area contributed by atoms with Crippen molar-refractivity contribution in [2.45, 2.75) is 25.4 Å². The Labute approximate surface area is 123 Å². The highest BCUT2D eigenvalue weighted by Crippen LogP contribution is 2.15. The highest BCUT2D eigenvalue weighted by Gasteiger charge is 2.15. The van der Waals surface area contributed by atoms with Crippen LogP contribution in [-0.2, 0) is 9.53 Å². The lowest BCUT2D eigenvalue weighted by Crippen LogP contribution is -2.33. The molecule has 1 aliphatic heterocycles. The fourth-order valence-electron chi connectivity index (χ4n) is 2.27. The summed E-state index contributed by atoms with van der Waals surface area (Å²) in [6, 6.07) is 6.35. The molecule has 0 saturated carbocycles. The fourth-order valence-corrected chi connectivity index (χ4v) is 2.27. The number of para-hydroxylation sites is 1. The molecule has 1 aliphatic rings. The molecule has 0 radical (unpaired) electrons. The van der Waals surface area contributed by atoms with Crippen molar-refractivity contribution in [3.63, 3.8) is 0 Å². The van der Waals surface area contributed by atoms with Gasteiger partial charge in [-0.3, -0.25) is 4.79 Å². The third kappa shape index (κ3) is 4.84. The molecule has 0 atom stereocenters. The molecule has 1 amide bonds. The zero-order valence-corrected chi connectivity index (χ0v) is 11.8. The molecule has 6 nitrogen and oxygen atoms in total. The first-order chi connectivity index (χ1) is 10.2. The van der Waals surface area contributed by atoms with E-state index in [1.54, 1.807) is 18.2 Å². The van der Waals surface area contributed by atoms with E-state index < -0.39 is 5.97 Å². The smallest absolute Gasteiger partial charge is 0.337 e. The van der Waals surface area contributed by atoms with Crippen LogP contribution in [0, 0.1) is 0 Å². The van der Waals surface area contributed by atoms with E-state index in [0.717, 1.165) is 25.9 Å². The monoisotopic (exact) mass is 292 g/mol. The molecule has 1 aromatic rings. The molecule has 0 spiro atoms. The van der Waals surface area contributed by atoms with Crippen LogP contribution >= 0.6 is 0 Å². The van der Waals surface area contributed by atoms with E-state index in [1.165, 1.54) is 6.07 Å². The van der Waals surface area contributed by atoms with Crippen molar-refractivity contribution in [1.29, 1.82) is 0 Å². The molecular weight excluding hydrogens is 272 g/mol. The Morgan fingerprint density at radius 3 is 2.71 bits per heavy atom. The highest BCUT2D eigenvalue weighted by molar-refractivity contribution is 6.00. The number of piperidine rings is 1. The van der Waals surface area contributed by atoms with Crippen LogP contribution in [0.3, 0.4) is 0 Å². The zero-order valence-electron chi connectivity index (χ0n) is 11.8. The number of carboxylic acid groups (broad SMARTS) is 1. The van der Waals surface area contributed by atoms with Crippen LogP contribution in [0.25, 0.3) is 0 Å². The van der Waals surface area contributed by atoms with Gasteiger partial charge in [-0.1, -0.05) is 12.1 Å². The summed E-state index contributed by atoms with van der Waals surface area (Å²) >= 11 is 0. The Hall–Kier alpha value is -1.92. The van der Waals surface area contributed by atoms with Gasteiger partial charge in [0.25, 0.3) is 0 Å². The van der Waals surface area contributed by atoms with E-state index in [9.17, 15) is 9.59 Å². The summed E-state index contributed by atoms with van der Waals surface area (Å²) in [5, 5.41) is 14.9. The molecule has 114 valence electrons. The van der Waals surface area contributed by atoms with Gasteiger partial charge in [0.2, 0.25) is 5.91 Å². The van der Waals surface area contributed by atoms with Crippen LogP contribution in [0.5, 0.6) is 0 Å². The molecule has 6 heteroatoms. The molecule has 0 aromatic heterocycles. The van der Waals surface area contributed by atoms with Crippen molar-refractivity contribution >= 4 is 17.6 Å². The number of carbonyl (C=O) groups is 2. The molecule has 21 heavy (non-hydrogen) atoms. The number of carboxylic acids is 1. The molecule has 0 aliphatic carbocycles. The SMILES string of the molecule is O=C(CCOC1CCNCC1)Nc1ccccc1C(=O)O. The molecule has 1 heterocycles. The van der Waals surface area contributed by atoms with Crippen molar-refractivity contribution in [2.75, 3.05) is 25.0 Å². The summed E-state index contributed by atoms with van der Waals surface area (Å²) in [5.41, 5.74) is 0.405. The van der Waals surface area contributed by atoms with Crippen LogP contribution in [0.4, 0.5) is 5.69 Å². The first-order valence-corrected chi connectivity index (χ1v) is 7.11. The number of hydrogen-bond donors (Lipinski definition) is 3. The molecule has 2 rings (SSSR count). The summed E-state index contributed by atoms with van der Waals surface area (Å²) in [7, 11) is 0. The maximum absolute atomic E-state index is 11.8. The fraction of sp³-hybridized carbons (Fsp3) is 0.467. The summed E-state index contributed by atoms with van der Waals surface area (Å²) < 4.78 is 5.65. The number of nitrogens with one attached hydrogen (secondary N) is 2. The second-order valence-corrected chi connectivity index (χ2v) is 4.97. The number of rotatable bonds is 6. The van der Waals surface area contributed by atoms with Crippen molar-refractivity contribution < 1.29 is 19.4 Å². The second kappa shape index (κ2) is 7.75. The minimum absolute atomic E-state index is 0.0881. The zero-order chi connectivity index (χ0) is 15.1. The van der Waals surface area contributed by atoms with Crippen LogP contribution < -0.4 is 10.6 Å². The number of carbonyl (C=O) groups excluding carboxylic acids is 1. The van der Waals surface area contributed by atoms with E-state index in [2.05, 4.69) is 10.6 Å². The lowest BCUT2D eigenvalue weighted by atomic mass is 10.1. The summed E-state index contributed by atoms with van der Waals surface area (Å²) in [5.74, 6) is -1.30. The van der Waals surface area contributed by atoms with Crippen molar-refractivity contribution in [3.05, 3.63) is 29.8 Å². The van der Waals surface area contributed by atoms with Gasteiger partial charge in [-0.25, -0.2) is 4.79 Å². The van der Waals surface area contributed by atoms with Crippen LogP contribution in [0.1, 0.15) is 29.6 Å². The van der Waals surface area contributed by atoms with Gasteiger partial charge in [-0.15, -0.1) is 0 Å². The normalized spacial score (nSPS) is 15.6. The summed E-state index contributed by atoms with van der Waals surface area (Å²) in [6.07, 6.45) is 2.36. The van der Waals surface area contributed by atoms with Gasteiger partial charge in [0.1, 0.15) is 0 Å². The Morgan fingerprint density at radius 2 is 2.00 bits per heavy atom. The van der Waals surface area contributed by atoms with Gasteiger partial charge in [0.15, 0.2) is 0 Å². The number of hydrogen-bond acceptors (Lipinski definition) is 4. The Bertz CT molecular complexity index is 498. The molecule has 1 aromatic carbocycles. The molecule has 0 bridgehead atoms. The van der Waals surface area contributed by atoms with Gasteiger partial charge < -0.3 is 20.5 Å². The van der Waals surface area contributed by atoms with Crippen molar-refractivity contribution in [1.82, 2.24) is 5.32 Å².